The van der Waals surface area contributed by atoms with Gasteiger partial charge in [0.2, 0.25) is 0 Å². The van der Waals surface area contributed by atoms with Crippen molar-refractivity contribution in [2.75, 3.05) is 6.61 Å². The Balaban J connectivity index is 1.52. The maximum atomic E-state index is 8.99. The Morgan fingerprint density at radius 2 is 1.52 bits per heavy atom. The Labute approximate surface area is 157 Å². The van der Waals surface area contributed by atoms with Crippen molar-refractivity contribution in [1.29, 1.82) is 0 Å². The van der Waals surface area contributed by atoms with Crippen LogP contribution in [0.4, 0.5) is 0 Å². The standard InChI is InChI=1S/C20H21N3O4/c21-23-22-17-19(25-12-15-9-5-2-6-10-15)18(16-13-26-20(17)27-16)24-11-14-7-3-1-4-8-14/h1-10,16-20H,11-13H2/t16-,17-,18-,19-,20?/m1/s1. The predicted molar refractivity (Wildman–Crippen MR) is 97.6 cm³/mol. The fourth-order valence-corrected chi connectivity index (χ4v) is 3.46. The molecule has 0 N–H and O–H groups in total. The molecule has 27 heavy (non-hydrogen) atoms. The third kappa shape index (κ3) is 4.13. The smallest absolute Gasteiger partial charge is 0.169 e. The van der Waals surface area contributed by atoms with Crippen LogP contribution in [0.1, 0.15) is 11.1 Å². The monoisotopic (exact) mass is 367 g/mol. The normalized spacial score (nSPS) is 29.3. The zero-order chi connectivity index (χ0) is 18.5. The van der Waals surface area contributed by atoms with Crippen LogP contribution in [0.5, 0.6) is 0 Å². The molecule has 2 aliphatic rings. The predicted octanol–water partition coefficient (Wildman–Crippen LogP) is 3.59. The average molecular weight is 367 g/mol. The minimum atomic E-state index is -0.599. The maximum absolute atomic E-state index is 8.99. The van der Waals surface area contributed by atoms with Crippen molar-refractivity contribution in [2.24, 2.45) is 5.11 Å². The fourth-order valence-electron chi connectivity index (χ4n) is 3.46. The molecule has 0 amide bonds. The van der Waals surface area contributed by atoms with Gasteiger partial charge in [0, 0.05) is 4.91 Å². The lowest BCUT2D eigenvalue weighted by Gasteiger charge is -2.38. The first-order valence-corrected chi connectivity index (χ1v) is 8.97. The molecule has 2 aliphatic heterocycles. The summed E-state index contributed by atoms with van der Waals surface area (Å²) < 4.78 is 23.8. The number of azide groups is 1. The summed E-state index contributed by atoms with van der Waals surface area (Å²) in [5.41, 5.74) is 11.1. The average Bonchev–Trinajstić information content (AvgIpc) is 3.15. The molecular formula is C20H21N3O4. The molecule has 2 saturated heterocycles. The first-order valence-electron chi connectivity index (χ1n) is 8.97. The second-order valence-electron chi connectivity index (χ2n) is 6.59. The molecule has 7 heteroatoms. The Morgan fingerprint density at radius 3 is 2.11 bits per heavy atom. The summed E-state index contributed by atoms with van der Waals surface area (Å²) in [5, 5.41) is 3.89. The molecule has 7 nitrogen and oxygen atoms in total. The van der Waals surface area contributed by atoms with Gasteiger partial charge in [0.05, 0.1) is 19.8 Å². The van der Waals surface area contributed by atoms with E-state index in [1.807, 2.05) is 60.7 Å². The summed E-state index contributed by atoms with van der Waals surface area (Å²) in [6.45, 7) is 1.21. The van der Waals surface area contributed by atoms with Gasteiger partial charge in [0.15, 0.2) is 6.29 Å². The molecule has 1 unspecified atom stereocenters. The van der Waals surface area contributed by atoms with E-state index in [4.69, 9.17) is 24.5 Å². The van der Waals surface area contributed by atoms with Crippen molar-refractivity contribution in [3.8, 4) is 0 Å². The summed E-state index contributed by atoms with van der Waals surface area (Å²) in [6.07, 6.45) is -1.67. The van der Waals surface area contributed by atoms with E-state index in [1.165, 1.54) is 0 Å². The Bertz CT molecular complexity index is 782. The summed E-state index contributed by atoms with van der Waals surface area (Å²) in [6, 6.07) is 19.2. The molecule has 2 bridgehead atoms. The highest BCUT2D eigenvalue weighted by molar-refractivity contribution is 5.15. The van der Waals surface area contributed by atoms with Gasteiger partial charge in [0.25, 0.3) is 0 Å². The molecular weight excluding hydrogens is 346 g/mol. The minimum Gasteiger partial charge on any atom is -0.370 e. The molecule has 0 saturated carbocycles. The van der Waals surface area contributed by atoms with Crippen LogP contribution in [0.2, 0.25) is 0 Å². The minimum absolute atomic E-state index is 0.246. The van der Waals surface area contributed by atoms with Gasteiger partial charge in [-0.2, -0.15) is 0 Å². The molecule has 140 valence electrons. The largest absolute Gasteiger partial charge is 0.370 e. The van der Waals surface area contributed by atoms with Crippen LogP contribution in [-0.2, 0) is 32.2 Å². The second-order valence-corrected chi connectivity index (χ2v) is 6.59. The van der Waals surface area contributed by atoms with Gasteiger partial charge in [0.1, 0.15) is 24.4 Å². The van der Waals surface area contributed by atoms with Crippen molar-refractivity contribution in [1.82, 2.24) is 0 Å². The number of rotatable bonds is 7. The van der Waals surface area contributed by atoms with Gasteiger partial charge in [-0.05, 0) is 16.7 Å². The van der Waals surface area contributed by atoms with Crippen molar-refractivity contribution in [2.45, 2.75) is 43.9 Å². The van der Waals surface area contributed by atoms with Crippen molar-refractivity contribution >= 4 is 0 Å². The SMILES string of the molecule is [N-]=[N+]=N[C@H]1C2OC[C@@H](O2)[C@@H](OCc2ccccc2)[C@@H]1OCc1ccccc1. The molecule has 0 radical (unpaired) electrons. The van der Waals surface area contributed by atoms with Gasteiger partial charge >= 0.3 is 0 Å². The summed E-state index contributed by atoms with van der Waals surface area (Å²) in [4.78, 5) is 2.96. The van der Waals surface area contributed by atoms with Crippen LogP contribution in [0.25, 0.3) is 10.4 Å². The van der Waals surface area contributed by atoms with E-state index in [2.05, 4.69) is 10.0 Å². The highest BCUT2D eigenvalue weighted by Gasteiger charge is 2.51. The maximum Gasteiger partial charge on any atom is 0.169 e. The van der Waals surface area contributed by atoms with Crippen LogP contribution in [0.3, 0.4) is 0 Å². The fraction of sp³-hybridized carbons (Fsp3) is 0.400. The number of nitrogens with zero attached hydrogens (tertiary/aromatic N) is 3. The van der Waals surface area contributed by atoms with Crippen LogP contribution >= 0.6 is 0 Å². The number of ether oxygens (including phenoxy) is 4. The van der Waals surface area contributed by atoms with E-state index in [0.717, 1.165) is 11.1 Å². The van der Waals surface area contributed by atoms with Crippen LogP contribution < -0.4 is 0 Å². The van der Waals surface area contributed by atoms with Crippen molar-refractivity contribution < 1.29 is 18.9 Å². The van der Waals surface area contributed by atoms with E-state index >= 15 is 0 Å². The van der Waals surface area contributed by atoms with Crippen LogP contribution in [0.15, 0.2) is 65.8 Å². The van der Waals surface area contributed by atoms with E-state index in [9.17, 15) is 0 Å². The van der Waals surface area contributed by atoms with Crippen molar-refractivity contribution in [3.63, 3.8) is 0 Å². The van der Waals surface area contributed by atoms with Gasteiger partial charge in [-0.15, -0.1) is 0 Å². The molecule has 0 aromatic heterocycles. The molecule has 0 spiro atoms. The van der Waals surface area contributed by atoms with E-state index < -0.39 is 18.4 Å². The Hall–Kier alpha value is -2.41. The van der Waals surface area contributed by atoms with Gasteiger partial charge in [-0.25, -0.2) is 0 Å². The summed E-state index contributed by atoms with van der Waals surface area (Å²) in [5.74, 6) is 0. The lowest BCUT2D eigenvalue weighted by Crippen LogP contribution is -2.55. The molecule has 4 rings (SSSR count). The summed E-state index contributed by atoms with van der Waals surface area (Å²) >= 11 is 0. The molecule has 2 aromatic rings. The molecule has 2 aromatic carbocycles. The zero-order valence-electron chi connectivity index (χ0n) is 14.8. The first kappa shape index (κ1) is 18.0. The van der Waals surface area contributed by atoms with Gasteiger partial charge in [-0.1, -0.05) is 65.8 Å². The number of fused-ring (bicyclic) bond motifs is 2. The Kier molecular flexibility index (Phi) is 5.67. The van der Waals surface area contributed by atoms with Crippen LogP contribution in [0, 0.1) is 0 Å². The highest BCUT2D eigenvalue weighted by Crippen LogP contribution is 2.34. The van der Waals surface area contributed by atoms with Crippen molar-refractivity contribution in [3.05, 3.63) is 82.2 Å². The molecule has 2 fully saturated rings. The summed E-state index contributed by atoms with van der Waals surface area (Å²) in [7, 11) is 0. The third-order valence-electron chi connectivity index (χ3n) is 4.79. The molecule has 0 aliphatic carbocycles. The van der Waals surface area contributed by atoms with Gasteiger partial charge in [-0.3, -0.25) is 0 Å². The first-order chi connectivity index (χ1) is 13.3. The van der Waals surface area contributed by atoms with E-state index in [1.54, 1.807) is 0 Å². The molecule has 5 atom stereocenters. The van der Waals surface area contributed by atoms with E-state index in [-0.39, 0.29) is 12.2 Å². The number of hydrogen-bond acceptors (Lipinski definition) is 5. The highest BCUT2D eigenvalue weighted by atomic mass is 16.7. The Morgan fingerprint density at radius 1 is 0.926 bits per heavy atom. The van der Waals surface area contributed by atoms with E-state index in [0.29, 0.717) is 19.8 Å². The number of hydrogen-bond donors (Lipinski definition) is 0. The third-order valence-corrected chi connectivity index (χ3v) is 4.79. The van der Waals surface area contributed by atoms with Crippen LogP contribution in [-0.4, -0.2) is 37.3 Å². The number of benzene rings is 2. The molecule has 2 heterocycles. The lowest BCUT2D eigenvalue weighted by atomic mass is 9.98. The zero-order valence-corrected chi connectivity index (χ0v) is 14.8. The second kappa shape index (κ2) is 8.52. The van der Waals surface area contributed by atoms with Gasteiger partial charge < -0.3 is 18.9 Å². The topological polar surface area (TPSA) is 85.7 Å². The lowest BCUT2D eigenvalue weighted by molar-refractivity contribution is -0.211. The quantitative estimate of drug-likeness (QED) is 0.425.